The number of benzene rings is 2. The average Bonchev–Trinajstić information content (AvgIpc) is 2.65. The molecule has 1 aliphatic heterocycles. The number of carbonyl (C=O) groups is 2. The predicted octanol–water partition coefficient (Wildman–Crippen LogP) is 2.52. The number of hydrogen-bond donors (Lipinski definition) is 2. The molecule has 0 aliphatic carbocycles. The van der Waals surface area contributed by atoms with Gasteiger partial charge in [-0.3, -0.25) is 9.59 Å². The van der Waals surface area contributed by atoms with Crippen LogP contribution in [-0.2, 0) is 17.8 Å². The number of ether oxygens (including phenoxy) is 2. The van der Waals surface area contributed by atoms with Gasteiger partial charge in [0.05, 0.1) is 14.2 Å². The molecule has 1 heterocycles. The third kappa shape index (κ3) is 3.91. The molecule has 6 heteroatoms. The maximum Gasteiger partial charge on any atom is 0.251 e. The minimum atomic E-state index is -0.205. The van der Waals surface area contributed by atoms with Crippen molar-refractivity contribution in [2.24, 2.45) is 0 Å². The molecule has 25 heavy (non-hydrogen) atoms. The van der Waals surface area contributed by atoms with E-state index in [1.165, 1.54) is 0 Å². The summed E-state index contributed by atoms with van der Waals surface area (Å²) >= 11 is 0. The Kier molecular flexibility index (Phi) is 4.88. The van der Waals surface area contributed by atoms with Crippen LogP contribution in [0.2, 0.25) is 0 Å². The van der Waals surface area contributed by atoms with Gasteiger partial charge in [0.15, 0.2) is 0 Å². The van der Waals surface area contributed by atoms with Gasteiger partial charge in [-0.2, -0.15) is 0 Å². The van der Waals surface area contributed by atoms with E-state index in [1.807, 2.05) is 18.2 Å². The van der Waals surface area contributed by atoms with Gasteiger partial charge >= 0.3 is 0 Å². The molecule has 0 saturated carbocycles. The second-order valence-corrected chi connectivity index (χ2v) is 5.82. The second kappa shape index (κ2) is 7.25. The van der Waals surface area contributed by atoms with Crippen LogP contribution in [-0.4, -0.2) is 26.0 Å². The molecule has 2 aromatic carbocycles. The molecule has 0 unspecified atom stereocenters. The fraction of sp³-hybridized carbons (Fsp3) is 0.263. The summed E-state index contributed by atoms with van der Waals surface area (Å²) in [7, 11) is 3.09. The standard InChI is InChI=1S/C19H20N2O4/c1-24-15-8-14(9-16(10-15)25-2)19(23)20-11-12-3-5-17-13(7-12)4-6-18(22)21-17/h3,5,7-10H,4,6,11H2,1-2H3,(H,20,23)(H,21,22). The number of anilines is 1. The summed E-state index contributed by atoms with van der Waals surface area (Å²) < 4.78 is 10.4. The lowest BCUT2D eigenvalue weighted by Crippen LogP contribution is -2.23. The molecule has 2 N–H and O–H groups in total. The van der Waals surface area contributed by atoms with Gasteiger partial charge in [-0.1, -0.05) is 12.1 Å². The van der Waals surface area contributed by atoms with E-state index in [2.05, 4.69) is 10.6 Å². The summed E-state index contributed by atoms with van der Waals surface area (Å²) in [5.74, 6) is 0.965. The summed E-state index contributed by atoms with van der Waals surface area (Å²) in [6.07, 6.45) is 1.21. The lowest BCUT2D eigenvalue weighted by atomic mass is 10.0. The van der Waals surface area contributed by atoms with Crippen LogP contribution in [0.25, 0.3) is 0 Å². The number of methoxy groups -OCH3 is 2. The van der Waals surface area contributed by atoms with Crippen molar-refractivity contribution in [1.82, 2.24) is 5.32 Å². The number of nitrogens with one attached hydrogen (secondary N) is 2. The number of rotatable bonds is 5. The van der Waals surface area contributed by atoms with Gasteiger partial charge in [-0.05, 0) is 35.7 Å². The molecule has 6 nitrogen and oxygen atoms in total. The zero-order chi connectivity index (χ0) is 17.8. The summed E-state index contributed by atoms with van der Waals surface area (Å²) in [5, 5.41) is 5.75. The molecule has 0 aromatic heterocycles. The zero-order valence-corrected chi connectivity index (χ0v) is 14.2. The smallest absolute Gasteiger partial charge is 0.251 e. The minimum absolute atomic E-state index is 0.0422. The Morgan fingerprint density at radius 2 is 1.80 bits per heavy atom. The Hall–Kier alpha value is -3.02. The first-order valence-electron chi connectivity index (χ1n) is 8.02. The van der Waals surface area contributed by atoms with Crippen LogP contribution in [0.1, 0.15) is 27.9 Å². The van der Waals surface area contributed by atoms with Crippen molar-refractivity contribution in [2.75, 3.05) is 19.5 Å². The molecular weight excluding hydrogens is 320 g/mol. The van der Waals surface area contributed by atoms with Crippen LogP contribution >= 0.6 is 0 Å². The molecule has 0 radical (unpaired) electrons. The fourth-order valence-corrected chi connectivity index (χ4v) is 2.77. The number of carbonyl (C=O) groups excluding carboxylic acids is 2. The molecule has 130 valence electrons. The largest absolute Gasteiger partial charge is 0.497 e. The van der Waals surface area contributed by atoms with Crippen molar-refractivity contribution in [3.63, 3.8) is 0 Å². The first-order valence-corrected chi connectivity index (χ1v) is 8.02. The number of amides is 2. The Bertz CT molecular complexity index is 795. The van der Waals surface area contributed by atoms with Crippen molar-refractivity contribution in [1.29, 1.82) is 0 Å². The van der Waals surface area contributed by atoms with Crippen molar-refractivity contribution in [3.8, 4) is 11.5 Å². The molecule has 2 amide bonds. The van der Waals surface area contributed by atoms with Gasteiger partial charge in [-0.15, -0.1) is 0 Å². The van der Waals surface area contributed by atoms with E-state index < -0.39 is 0 Å². The summed E-state index contributed by atoms with van der Waals surface area (Å²) in [6.45, 7) is 0.402. The number of fused-ring (bicyclic) bond motifs is 1. The molecule has 0 fully saturated rings. The van der Waals surface area contributed by atoms with E-state index >= 15 is 0 Å². The van der Waals surface area contributed by atoms with Crippen LogP contribution in [0.15, 0.2) is 36.4 Å². The molecule has 1 aliphatic rings. The van der Waals surface area contributed by atoms with Crippen molar-refractivity contribution >= 4 is 17.5 Å². The Labute approximate surface area is 146 Å². The fourth-order valence-electron chi connectivity index (χ4n) is 2.77. The van der Waals surface area contributed by atoms with Gasteiger partial charge in [0.1, 0.15) is 11.5 Å². The quantitative estimate of drug-likeness (QED) is 0.877. The summed E-state index contributed by atoms with van der Waals surface area (Å²) in [4.78, 5) is 23.8. The Morgan fingerprint density at radius 1 is 1.08 bits per heavy atom. The van der Waals surface area contributed by atoms with Crippen molar-refractivity contribution in [2.45, 2.75) is 19.4 Å². The van der Waals surface area contributed by atoms with Crippen molar-refractivity contribution in [3.05, 3.63) is 53.1 Å². The summed E-state index contributed by atoms with van der Waals surface area (Å²) in [6, 6.07) is 10.8. The zero-order valence-electron chi connectivity index (χ0n) is 14.2. The second-order valence-electron chi connectivity index (χ2n) is 5.82. The van der Waals surface area contributed by atoms with Gasteiger partial charge < -0.3 is 20.1 Å². The maximum atomic E-state index is 12.4. The van der Waals surface area contributed by atoms with E-state index in [9.17, 15) is 9.59 Å². The van der Waals surface area contributed by atoms with Gasteiger partial charge in [-0.25, -0.2) is 0 Å². The topological polar surface area (TPSA) is 76.7 Å². The van der Waals surface area contributed by atoms with E-state index in [0.717, 1.165) is 23.2 Å². The van der Waals surface area contributed by atoms with Gasteiger partial charge in [0, 0.05) is 30.3 Å². The van der Waals surface area contributed by atoms with Crippen LogP contribution in [0.5, 0.6) is 11.5 Å². The highest BCUT2D eigenvalue weighted by Crippen LogP contribution is 2.24. The third-order valence-electron chi connectivity index (χ3n) is 4.13. The highest BCUT2D eigenvalue weighted by Gasteiger charge is 2.15. The molecule has 0 bridgehead atoms. The van der Waals surface area contributed by atoms with Crippen LogP contribution in [0, 0.1) is 0 Å². The summed E-state index contributed by atoms with van der Waals surface area (Å²) in [5.41, 5.74) is 3.40. The first kappa shape index (κ1) is 16.8. The van der Waals surface area contributed by atoms with E-state index in [-0.39, 0.29) is 11.8 Å². The minimum Gasteiger partial charge on any atom is -0.497 e. The van der Waals surface area contributed by atoms with Crippen LogP contribution < -0.4 is 20.1 Å². The predicted molar refractivity (Wildman–Crippen MR) is 94.1 cm³/mol. The number of hydrogen-bond acceptors (Lipinski definition) is 4. The molecule has 0 saturated heterocycles. The maximum absolute atomic E-state index is 12.4. The van der Waals surface area contributed by atoms with E-state index in [1.54, 1.807) is 32.4 Å². The van der Waals surface area contributed by atoms with Crippen LogP contribution in [0.3, 0.4) is 0 Å². The van der Waals surface area contributed by atoms with E-state index in [4.69, 9.17) is 9.47 Å². The van der Waals surface area contributed by atoms with E-state index in [0.29, 0.717) is 30.0 Å². The molecule has 0 atom stereocenters. The SMILES string of the molecule is COc1cc(OC)cc(C(=O)NCc2ccc3c(c2)CCC(=O)N3)c1. The Balaban J connectivity index is 1.69. The highest BCUT2D eigenvalue weighted by molar-refractivity contribution is 5.95. The number of aryl methyl sites for hydroxylation is 1. The molecule has 3 rings (SSSR count). The molecular formula is C19H20N2O4. The van der Waals surface area contributed by atoms with Crippen LogP contribution in [0.4, 0.5) is 5.69 Å². The lowest BCUT2D eigenvalue weighted by Gasteiger charge is -2.17. The lowest BCUT2D eigenvalue weighted by molar-refractivity contribution is -0.116. The van der Waals surface area contributed by atoms with Gasteiger partial charge in [0.2, 0.25) is 5.91 Å². The van der Waals surface area contributed by atoms with Crippen molar-refractivity contribution < 1.29 is 19.1 Å². The first-order chi connectivity index (χ1) is 12.1. The average molecular weight is 340 g/mol. The Morgan fingerprint density at radius 3 is 2.48 bits per heavy atom. The van der Waals surface area contributed by atoms with Gasteiger partial charge in [0.25, 0.3) is 5.91 Å². The normalized spacial score (nSPS) is 12.8. The molecule has 0 spiro atoms. The third-order valence-corrected chi connectivity index (χ3v) is 4.13. The highest BCUT2D eigenvalue weighted by atomic mass is 16.5. The monoisotopic (exact) mass is 340 g/mol. The molecule has 2 aromatic rings.